The molecule has 20 heavy (non-hydrogen) atoms. The van der Waals surface area contributed by atoms with Crippen molar-refractivity contribution in [1.82, 2.24) is 10.2 Å². The Hall–Kier alpha value is -2.18. The first-order chi connectivity index (χ1) is 9.31. The van der Waals surface area contributed by atoms with Gasteiger partial charge in [-0.05, 0) is 19.9 Å². The fourth-order valence-electron chi connectivity index (χ4n) is 1.57. The van der Waals surface area contributed by atoms with Gasteiger partial charge in [0, 0.05) is 24.2 Å². The van der Waals surface area contributed by atoms with Gasteiger partial charge in [0.15, 0.2) is 0 Å². The first kappa shape index (κ1) is 15.9. The zero-order valence-corrected chi connectivity index (χ0v) is 11.2. The first-order valence-electron chi connectivity index (χ1n) is 6.01. The van der Waals surface area contributed by atoms with Gasteiger partial charge in [-0.2, -0.15) is 0 Å². The molecule has 0 aromatic heterocycles. The fraction of sp³-hybridized carbons (Fsp3) is 0.385. The topological polar surface area (TPSA) is 69.6 Å². The summed E-state index contributed by atoms with van der Waals surface area (Å²) in [6.07, 6.45) is 0. The second-order valence-corrected chi connectivity index (χ2v) is 4.51. The number of nitrogens with one attached hydrogen (secondary N) is 1. The molecule has 2 N–H and O–H groups in total. The summed E-state index contributed by atoms with van der Waals surface area (Å²) < 4.78 is 26.1. The number of carbonyl (C=O) groups is 2. The van der Waals surface area contributed by atoms with Crippen molar-refractivity contribution in [2.75, 3.05) is 6.54 Å². The van der Waals surface area contributed by atoms with E-state index >= 15 is 0 Å². The smallest absolute Gasteiger partial charge is 0.323 e. The Balaban J connectivity index is 2.67. The van der Waals surface area contributed by atoms with Gasteiger partial charge in [0.1, 0.15) is 18.2 Å². The highest BCUT2D eigenvalue weighted by atomic mass is 19.1. The first-order valence-corrected chi connectivity index (χ1v) is 6.01. The lowest BCUT2D eigenvalue weighted by molar-refractivity contribution is -0.138. The van der Waals surface area contributed by atoms with E-state index in [-0.39, 0.29) is 18.2 Å². The van der Waals surface area contributed by atoms with Crippen molar-refractivity contribution in [3.05, 3.63) is 35.4 Å². The van der Waals surface area contributed by atoms with Crippen molar-refractivity contribution in [3.63, 3.8) is 0 Å². The Kier molecular flexibility index (Phi) is 5.42. The van der Waals surface area contributed by atoms with E-state index in [0.29, 0.717) is 0 Å². The zero-order chi connectivity index (χ0) is 15.3. The minimum atomic E-state index is -1.14. The van der Waals surface area contributed by atoms with Gasteiger partial charge in [-0.3, -0.25) is 4.79 Å². The lowest BCUT2D eigenvalue weighted by Crippen LogP contribution is -2.46. The van der Waals surface area contributed by atoms with Crippen LogP contribution >= 0.6 is 0 Å². The van der Waals surface area contributed by atoms with E-state index in [1.54, 1.807) is 13.8 Å². The van der Waals surface area contributed by atoms with Crippen LogP contribution in [0.5, 0.6) is 0 Å². The van der Waals surface area contributed by atoms with Crippen molar-refractivity contribution >= 4 is 12.0 Å². The standard InChI is InChI=1S/C13H16F2N2O3/c1-8(2)17(7-12(18)19)13(20)16-6-9-3-4-10(14)5-11(9)15/h3-5,8H,6-7H2,1-2H3,(H,16,20)(H,18,19). The highest BCUT2D eigenvalue weighted by molar-refractivity contribution is 5.80. The van der Waals surface area contributed by atoms with Crippen molar-refractivity contribution in [1.29, 1.82) is 0 Å². The molecule has 0 heterocycles. The number of nitrogens with zero attached hydrogens (tertiary/aromatic N) is 1. The quantitative estimate of drug-likeness (QED) is 0.869. The van der Waals surface area contributed by atoms with E-state index in [1.807, 2.05) is 0 Å². The Labute approximate surface area is 115 Å². The molecule has 0 aliphatic rings. The number of carboxylic acid groups (broad SMARTS) is 1. The normalized spacial score (nSPS) is 10.4. The number of benzene rings is 1. The average molecular weight is 286 g/mol. The van der Waals surface area contributed by atoms with Crippen LogP contribution in [0.1, 0.15) is 19.4 Å². The Morgan fingerprint density at radius 1 is 1.35 bits per heavy atom. The van der Waals surface area contributed by atoms with E-state index in [1.165, 1.54) is 6.07 Å². The molecule has 1 rings (SSSR count). The number of halogens is 2. The van der Waals surface area contributed by atoms with Crippen molar-refractivity contribution in [3.8, 4) is 0 Å². The number of carboxylic acids is 1. The molecule has 1 aromatic carbocycles. The average Bonchev–Trinajstić information content (AvgIpc) is 2.34. The molecule has 0 saturated heterocycles. The van der Waals surface area contributed by atoms with E-state index in [4.69, 9.17) is 5.11 Å². The summed E-state index contributed by atoms with van der Waals surface area (Å²) in [7, 11) is 0. The summed E-state index contributed by atoms with van der Waals surface area (Å²) in [5.41, 5.74) is 0.124. The lowest BCUT2D eigenvalue weighted by atomic mass is 10.2. The molecule has 0 aliphatic heterocycles. The Bertz CT molecular complexity index is 506. The van der Waals surface area contributed by atoms with Crippen molar-refractivity contribution in [2.45, 2.75) is 26.4 Å². The molecule has 110 valence electrons. The summed E-state index contributed by atoms with van der Waals surface area (Å²) in [6, 6.07) is 2.10. The zero-order valence-electron chi connectivity index (χ0n) is 11.2. The van der Waals surface area contributed by atoms with Crippen LogP contribution in [-0.4, -0.2) is 34.6 Å². The molecule has 1 aromatic rings. The van der Waals surface area contributed by atoms with Gasteiger partial charge in [-0.15, -0.1) is 0 Å². The highest BCUT2D eigenvalue weighted by Gasteiger charge is 2.19. The van der Waals surface area contributed by atoms with Gasteiger partial charge in [0.25, 0.3) is 0 Å². The lowest BCUT2D eigenvalue weighted by Gasteiger charge is -2.25. The van der Waals surface area contributed by atoms with Crippen LogP contribution in [0.2, 0.25) is 0 Å². The van der Waals surface area contributed by atoms with Crippen LogP contribution in [-0.2, 0) is 11.3 Å². The van der Waals surface area contributed by atoms with Crippen LogP contribution in [0.4, 0.5) is 13.6 Å². The molecule has 0 aliphatic carbocycles. The van der Waals surface area contributed by atoms with Crippen molar-refractivity contribution < 1.29 is 23.5 Å². The second-order valence-electron chi connectivity index (χ2n) is 4.51. The molecule has 0 bridgehead atoms. The second kappa shape index (κ2) is 6.83. The number of aliphatic carboxylic acids is 1. The Morgan fingerprint density at radius 3 is 2.50 bits per heavy atom. The summed E-state index contributed by atoms with van der Waals surface area (Å²) in [5, 5.41) is 11.1. The third kappa shape index (κ3) is 4.49. The maximum Gasteiger partial charge on any atom is 0.323 e. The largest absolute Gasteiger partial charge is 0.480 e. The molecule has 0 radical (unpaired) electrons. The third-order valence-corrected chi connectivity index (χ3v) is 2.63. The maximum atomic E-state index is 13.4. The number of amides is 2. The number of carbonyl (C=O) groups excluding carboxylic acids is 1. The summed E-state index contributed by atoms with van der Waals surface area (Å²) >= 11 is 0. The predicted molar refractivity (Wildman–Crippen MR) is 68.1 cm³/mol. The number of rotatable bonds is 5. The Morgan fingerprint density at radius 2 is 2.00 bits per heavy atom. The van der Waals surface area contributed by atoms with E-state index in [9.17, 15) is 18.4 Å². The van der Waals surface area contributed by atoms with Crippen LogP contribution in [0.25, 0.3) is 0 Å². The van der Waals surface area contributed by atoms with Crippen LogP contribution in [0.3, 0.4) is 0 Å². The fourth-order valence-corrected chi connectivity index (χ4v) is 1.57. The van der Waals surface area contributed by atoms with Gasteiger partial charge in [-0.1, -0.05) is 6.07 Å². The molecule has 0 spiro atoms. The molecule has 0 saturated carbocycles. The molecule has 7 heteroatoms. The van der Waals surface area contributed by atoms with Gasteiger partial charge in [0.05, 0.1) is 0 Å². The van der Waals surface area contributed by atoms with E-state index in [2.05, 4.69) is 5.32 Å². The van der Waals surface area contributed by atoms with Crippen LogP contribution < -0.4 is 5.32 Å². The molecule has 5 nitrogen and oxygen atoms in total. The summed E-state index contributed by atoms with van der Waals surface area (Å²) in [4.78, 5) is 23.6. The van der Waals surface area contributed by atoms with Crippen LogP contribution in [0.15, 0.2) is 18.2 Å². The molecular formula is C13H16F2N2O3. The van der Waals surface area contributed by atoms with Gasteiger partial charge < -0.3 is 15.3 Å². The molecule has 0 atom stereocenters. The van der Waals surface area contributed by atoms with Crippen LogP contribution in [0, 0.1) is 11.6 Å². The van der Waals surface area contributed by atoms with E-state index in [0.717, 1.165) is 17.0 Å². The number of hydrogen-bond donors (Lipinski definition) is 2. The number of hydrogen-bond acceptors (Lipinski definition) is 2. The summed E-state index contributed by atoms with van der Waals surface area (Å²) in [5.74, 6) is -2.60. The highest BCUT2D eigenvalue weighted by Crippen LogP contribution is 2.09. The third-order valence-electron chi connectivity index (χ3n) is 2.63. The maximum absolute atomic E-state index is 13.4. The summed E-state index contributed by atoms with van der Waals surface area (Å²) in [6.45, 7) is 2.74. The SMILES string of the molecule is CC(C)N(CC(=O)O)C(=O)NCc1ccc(F)cc1F. The molecule has 2 amide bonds. The minimum absolute atomic E-state index is 0.124. The molecule has 0 fully saturated rings. The molecular weight excluding hydrogens is 270 g/mol. The predicted octanol–water partition coefficient (Wildman–Crippen LogP) is 1.97. The van der Waals surface area contributed by atoms with Gasteiger partial charge in [0.2, 0.25) is 0 Å². The molecule has 0 unspecified atom stereocenters. The van der Waals surface area contributed by atoms with Gasteiger partial charge in [-0.25, -0.2) is 13.6 Å². The minimum Gasteiger partial charge on any atom is -0.480 e. The van der Waals surface area contributed by atoms with E-state index < -0.39 is 30.2 Å². The van der Waals surface area contributed by atoms with Crippen molar-refractivity contribution in [2.24, 2.45) is 0 Å². The monoisotopic (exact) mass is 286 g/mol. The van der Waals surface area contributed by atoms with Gasteiger partial charge >= 0.3 is 12.0 Å². The number of urea groups is 1.